The first kappa shape index (κ1) is 29.2. The summed E-state index contributed by atoms with van der Waals surface area (Å²) < 4.78 is 16.0. The van der Waals surface area contributed by atoms with Gasteiger partial charge in [-0.1, -0.05) is 42.5 Å². The number of rotatable bonds is 10. The van der Waals surface area contributed by atoms with Crippen LogP contribution in [0.3, 0.4) is 0 Å². The molecule has 1 heterocycles. The van der Waals surface area contributed by atoms with Crippen molar-refractivity contribution in [2.24, 2.45) is 0 Å². The molecule has 11 heteroatoms. The van der Waals surface area contributed by atoms with Crippen molar-refractivity contribution < 1.29 is 43.9 Å². The second-order valence-electron chi connectivity index (χ2n) is 8.97. The van der Waals surface area contributed by atoms with E-state index in [-0.39, 0.29) is 19.6 Å². The number of hydrogen-bond donors (Lipinski definition) is 5. The largest absolute Gasteiger partial charge is 0.465 e. The molecule has 0 radical (unpaired) electrons. The quantitative estimate of drug-likeness (QED) is 0.273. The van der Waals surface area contributed by atoms with Crippen molar-refractivity contribution in [3.8, 4) is 11.1 Å². The summed E-state index contributed by atoms with van der Waals surface area (Å²) in [5.74, 6) is -4.03. The van der Waals surface area contributed by atoms with Gasteiger partial charge in [0.05, 0.1) is 25.4 Å². The van der Waals surface area contributed by atoms with Gasteiger partial charge >= 0.3 is 5.97 Å². The number of hydrogen-bond acceptors (Lipinski definition) is 9. The minimum absolute atomic E-state index is 0.0110. The van der Waals surface area contributed by atoms with Gasteiger partial charge in [-0.25, -0.2) is 4.79 Å². The van der Waals surface area contributed by atoms with Crippen LogP contribution in [-0.4, -0.2) is 89.6 Å². The zero-order valence-electron chi connectivity index (χ0n) is 21.5. The fourth-order valence-corrected chi connectivity index (χ4v) is 4.41. The Hall–Kier alpha value is -3.35. The van der Waals surface area contributed by atoms with Gasteiger partial charge in [-0.2, -0.15) is 0 Å². The lowest BCUT2D eigenvalue weighted by atomic mass is 9.88. The van der Waals surface area contributed by atoms with Crippen molar-refractivity contribution in [3.63, 3.8) is 0 Å². The van der Waals surface area contributed by atoms with E-state index < -0.39 is 54.0 Å². The van der Waals surface area contributed by atoms with Gasteiger partial charge in [-0.3, -0.25) is 9.59 Å². The standard InChI is InChI=1S/C27H34N2O9/c1-4-37-27(26(35)36-3)14-20(31)22(29-16(2)30)24(38-27)23(33)21(32)15-28-25(34)19-12-10-18(11-13-19)17-8-6-5-7-9-17/h5-13,20-24,31-33H,4,14-15H2,1-3H3,(H,28,34)(H,29,30)/t20-,21+,22+,23+,24+,27+/m0/s1. The third-order valence-corrected chi connectivity index (χ3v) is 6.27. The topological polar surface area (TPSA) is 164 Å². The summed E-state index contributed by atoms with van der Waals surface area (Å²) in [6, 6.07) is 15.3. The van der Waals surface area contributed by atoms with Crippen molar-refractivity contribution in [2.75, 3.05) is 20.3 Å². The van der Waals surface area contributed by atoms with E-state index in [4.69, 9.17) is 14.2 Å². The molecule has 0 aliphatic carbocycles. The van der Waals surface area contributed by atoms with E-state index in [2.05, 4.69) is 10.6 Å². The van der Waals surface area contributed by atoms with Gasteiger partial charge in [-0.15, -0.1) is 0 Å². The zero-order valence-corrected chi connectivity index (χ0v) is 21.5. The Labute approximate surface area is 220 Å². The van der Waals surface area contributed by atoms with Gasteiger partial charge in [0.25, 0.3) is 11.7 Å². The zero-order chi connectivity index (χ0) is 27.9. The predicted molar refractivity (Wildman–Crippen MR) is 136 cm³/mol. The summed E-state index contributed by atoms with van der Waals surface area (Å²) >= 11 is 0. The number of carbonyl (C=O) groups is 3. The molecule has 3 rings (SSSR count). The highest BCUT2D eigenvalue weighted by Gasteiger charge is 2.56. The van der Waals surface area contributed by atoms with Crippen LogP contribution < -0.4 is 10.6 Å². The highest BCUT2D eigenvalue weighted by Crippen LogP contribution is 2.34. The molecule has 2 aromatic carbocycles. The number of ether oxygens (including phenoxy) is 3. The molecule has 11 nitrogen and oxygen atoms in total. The molecule has 5 N–H and O–H groups in total. The fourth-order valence-electron chi connectivity index (χ4n) is 4.41. The summed E-state index contributed by atoms with van der Waals surface area (Å²) in [5, 5.41) is 37.4. The number of amides is 2. The molecule has 0 bridgehead atoms. The summed E-state index contributed by atoms with van der Waals surface area (Å²) in [5.41, 5.74) is 2.27. The van der Waals surface area contributed by atoms with Crippen LogP contribution in [0.2, 0.25) is 0 Å². The Balaban J connectivity index is 1.71. The molecule has 206 valence electrons. The van der Waals surface area contributed by atoms with Crippen LogP contribution in [-0.2, 0) is 23.8 Å². The molecule has 0 unspecified atom stereocenters. The Kier molecular flexibility index (Phi) is 9.95. The number of methoxy groups -OCH3 is 1. The van der Waals surface area contributed by atoms with Gasteiger partial charge in [0.1, 0.15) is 12.2 Å². The maximum Gasteiger partial charge on any atom is 0.366 e. The van der Waals surface area contributed by atoms with Crippen molar-refractivity contribution in [2.45, 2.75) is 56.5 Å². The van der Waals surface area contributed by atoms with Crippen LogP contribution in [0.4, 0.5) is 0 Å². The highest BCUT2D eigenvalue weighted by molar-refractivity contribution is 5.94. The molecule has 6 atom stereocenters. The molecule has 2 amide bonds. The van der Waals surface area contributed by atoms with E-state index in [1.54, 1.807) is 31.2 Å². The normalized spacial score (nSPS) is 24.6. The van der Waals surface area contributed by atoms with Crippen LogP contribution in [0.1, 0.15) is 30.6 Å². The first-order chi connectivity index (χ1) is 18.1. The molecule has 2 aromatic rings. The average Bonchev–Trinajstić information content (AvgIpc) is 2.92. The predicted octanol–water partition coefficient (Wildman–Crippen LogP) is 0.366. The van der Waals surface area contributed by atoms with Gasteiger partial charge < -0.3 is 40.2 Å². The molecule has 1 aliphatic heterocycles. The van der Waals surface area contributed by atoms with Crippen LogP contribution >= 0.6 is 0 Å². The lowest BCUT2D eigenvalue weighted by Gasteiger charge is -2.46. The van der Waals surface area contributed by atoms with Gasteiger partial charge in [0.2, 0.25) is 5.91 Å². The smallest absolute Gasteiger partial charge is 0.366 e. The van der Waals surface area contributed by atoms with E-state index in [1.807, 2.05) is 30.3 Å². The Morgan fingerprint density at radius 3 is 2.29 bits per heavy atom. The number of aliphatic hydroxyl groups excluding tert-OH is 3. The van der Waals surface area contributed by atoms with Crippen LogP contribution in [0.15, 0.2) is 54.6 Å². The third-order valence-electron chi connectivity index (χ3n) is 6.27. The Bertz CT molecular complexity index is 1100. The maximum atomic E-state index is 12.7. The average molecular weight is 531 g/mol. The van der Waals surface area contributed by atoms with Gasteiger partial charge in [0, 0.05) is 32.1 Å². The lowest BCUT2D eigenvalue weighted by Crippen LogP contribution is -2.68. The number of nitrogens with one attached hydrogen (secondary N) is 2. The molecular formula is C27H34N2O9. The number of benzene rings is 2. The molecule has 0 spiro atoms. The molecule has 1 aliphatic rings. The maximum absolute atomic E-state index is 12.7. The lowest BCUT2D eigenvalue weighted by molar-refractivity contribution is -0.310. The fraction of sp³-hybridized carbons (Fsp3) is 0.444. The third kappa shape index (κ3) is 6.74. The van der Waals surface area contributed by atoms with Crippen LogP contribution in [0, 0.1) is 0 Å². The minimum atomic E-state index is -2.06. The van der Waals surface area contributed by atoms with Gasteiger partial charge in [0.15, 0.2) is 0 Å². The molecule has 0 saturated carbocycles. The molecule has 38 heavy (non-hydrogen) atoms. The van der Waals surface area contributed by atoms with Crippen molar-refractivity contribution in [1.82, 2.24) is 10.6 Å². The molecule has 1 saturated heterocycles. The van der Waals surface area contributed by atoms with Gasteiger partial charge in [-0.05, 0) is 30.2 Å². The second-order valence-corrected chi connectivity index (χ2v) is 8.97. The second kappa shape index (κ2) is 12.9. The highest BCUT2D eigenvalue weighted by atomic mass is 16.7. The van der Waals surface area contributed by atoms with Crippen LogP contribution in [0.25, 0.3) is 11.1 Å². The first-order valence-corrected chi connectivity index (χ1v) is 12.3. The van der Waals surface area contributed by atoms with Crippen molar-refractivity contribution in [1.29, 1.82) is 0 Å². The van der Waals surface area contributed by atoms with Crippen LogP contribution in [0.5, 0.6) is 0 Å². The monoisotopic (exact) mass is 530 g/mol. The van der Waals surface area contributed by atoms with Crippen molar-refractivity contribution in [3.05, 3.63) is 60.2 Å². The number of aliphatic hydroxyl groups is 3. The van der Waals surface area contributed by atoms with Crippen molar-refractivity contribution >= 4 is 17.8 Å². The molecular weight excluding hydrogens is 496 g/mol. The first-order valence-electron chi connectivity index (χ1n) is 12.3. The van der Waals surface area contributed by atoms with E-state index in [0.29, 0.717) is 5.56 Å². The molecule has 1 fully saturated rings. The van der Waals surface area contributed by atoms with E-state index in [9.17, 15) is 29.7 Å². The number of carbonyl (C=O) groups excluding carboxylic acids is 3. The summed E-state index contributed by atoms with van der Waals surface area (Å²) in [6.07, 6.45) is -6.58. The Morgan fingerprint density at radius 2 is 1.71 bits per heavy atom. The van der Waals surface area contributed by atoms with E-state index in [0.717, 1.165) is 18.2 Å². The summed E-state index contributed by atoms with van der Waals surface area (Å²) in [6.45, 7) is 2.43. The molecule has 0 aromatic heterocycles. The van der Waals surface area contributed by atoms with E-state index >= 15 is 0 Å². The van der Waals surface area contributed by atoms with E-state index in [1.165, 1.54) is 6.92 Å². The minimum Gasteiger partial charge on any atom is -0.465 e. The SMILES string of the molecule is CCO[C@]1(C(=O)OC)C[C@H](O)[C@@H](NC(C)=O)[C@H]([C@H](O)[C@H](O)CNC(=O)c2ccc(-c3ccccc3)cc2)O1. The summed E-state index contributed by atoms with van der Waals surface area (Å²) in [7, 11) is 1.11. The summed E-state index contributed by atoms with van der Waals surface area (Å²) in [4.78, 5) is 36.9. The number of esters is 1. The Morgan fingerprint density at radius 1 is 1.08 bits per heavy atom.